The summed E-state index contributed by atoms with van der Waals surface area (Å²) in [5, 5.41) is 0. The molecule has 14 heavy (non-hydrogen) atoms. The fraction of sp³-hybridized carbons (Fsp3) is 0.444. The molecule has 1 atom stereocenters. The monoisotopic (exact) mass is 191 g/mol. The topological polar surface area (TPSA) is 90.7 Å². The lowest BCUT2D eigenvalue weighted by Crippen LogP contribution is -2.11. The highest BCUT2D eigenvalue weighted by Crippen LogP contribution is 2.26. The quantitative estimate of drug-likeness (QED) is 0.642. The van der Waals surface area contributed by atoms with Crippen LogP contribution < -0.4 is 11.5 Å². The van der Waals surface area contributed by atoms with Crippen LogP contribution in [-0.2, 0) is 0 Å². The highest BCUT2D eigenvalue weighted by molar-refractivity contribution is 5.27. The summed E-state index contributed by atoms with van der Waals surface area (Å²) < 4.78 is 0. The van der Waals surface area contributed by atoms with Gasteiger partial charge in [0.05, 0.1) is 0 Å². The fourth-order valence-electron chi connectivity index (χ4n) is 1.64. The van der Waals surface area contributed by atoms with Gasteiger partial charge in [-0.2, -0.15) is 15.0 Å². The standard InChI is InChI=1S/C9H13N5/c10-8-12-7(13-9(11)14-8)6-4-2-1-3-5-6/h1-2,6H,3-5H2,(H4,10,11,12,13,14)/t6-/m0/s1. The first-order valence-corrected chi connectivity index (χ1v) is 4.67. The third-order valence-corrected chi connectivity index (χ3v) is 2.32. The number of nitrogens with zero attached hydrogens (tertiary/aromatic N) is 3. The third kappa shape index (κ3) is 1.81. The van der Waals surface area contributed by atoms with E-state index in [1.807, 2.05) is 0 Å². The average Bonchev–Trinajstić information content (AvgIpc) is 2.18. The van der Waals surface area contributed by atoms with Gasteiger partial charge in [0.25, 0.3) is 0 Å². The molecule has 0 unspecified atom stereocenters. The molecule has 1 aliphatic rings. The van der Waals surface area contributed by atoms with Gasteiger partial charge in [-0.1, -0.05) is 12.2 Å². The Kier molecular flexibility index (Phi) is 2.30. The molecule has 0 saturated carbocycles. The maximum absolute atomic E-state index is 5.51. The van der Waals surface area contributed by atoms with Gasteiger partial charge in [0.1, 0.15) is 5.82 Å². The van der Waals surface area contributed by atoms with E-state index in [2.05, 4.69) is 27.1 Å². The Bertz CT molecular complexity index is 340. The van der Waals surface area contributed by atoms with Gasteiger partial charge in [-0.05, 0) is 19.3 Å². The van der Waals surface area contributed by atoms with Crippen LogP contribution in [0.1, 0.15) is 31.0 Å². The summed E-state index contributed by atoms with van der Waals surface area (Å²) in [6.07, 6.45) is 7.40. The molecule has 0 aliphatic heterocycles. The molecule has 1 aromatic heterocycles. The first-order chi connectivity index (χ1) is 6.75. The van der Waals surface area contributed by atoms with Gasteiger partial charge >= 0.3 is 0 Å². The van der Waals surface area contributed by atoms with Crippen LogP contribution in [0.5, 0.6) is 0 Å². The summed E-state index contributed by atoms with van der Waals surface area (Å²) in [6.45, 7) is 0. The minimum atomic E-state index is 0.210. The number of hydrogen-bond donors (Lipinski definition) is 2. The van der Waals surface area contributed by atoms with E-state index in [-0.39, 0.29) is 11.9 Å². The van der Waals surface area contributed by atoms with Gasteiger partial charge in [0.15, 0.2) is 0 Å². The Balaban J connectivity index is 2.26. The maximum atomic E-state index is 5.51. The van der Waals surface area contributed by atoms with Crippen LogP contribution in [0.2, 0.25) is 0 Å². The van der Waals surface area contributed by atoms with Crippen molar-refractivity contribution in [1.29, 1.82) is 0 Å². The number of hydrogen-bond acceptors (Lipinski definition) is 5. The molecule has 0 fully saturated rings. The number of anilines is 2. The van der Waals surface area contributed by atoms with Crippen molar-refractivity contribution >= 4 is 11.9 Å². The third-order valence-electron chi connectivity index (χ3n) is 2.32. The molecule has 0 aromatic carbocycles. The smallest absolute Gasteiger partial charge is 0.225 e. The summed E-state index contributed by atoms with van der Waals surface area (Å²) >= 11 is 0. The zero-order valence-electron chi connectivity index (χ0n) is 7.85. The average molecular weight is 191 g/mol. The number of rotatable bonds is 1. The minimum Gasteiger partial charge on any atom is -0.368 e. The Morgan fingerprint density at radius 1 is 1.07 bits per heavy atom. The van der Waals surface area contributed by atoms with E-state index in [1.54, 1.807) is 0 Å². The maximum Gasteiger partial charge on any atom is 0.225 e. The van der Waals surface area contributed by atoms with Crippen molar-refractivity contribution in [1.82, 2.24) is 15.0 Å². The molecule has 74 valence electrons. The Hall–Kier alpha value is -1.65. The zero-order chi connectivity index (χ0) is 9.97. The Morgan fingerprint density at radius 2 is 1.79 bits per heavy atom. The second-order valence-electron chi connectivity index (χ2n) is 3.39. The Morgan fingerprint density at radius 3 is 2.36 bits per heavy atom. The van der Waals surface area contributed by atoms with E-state index < -0.39 is 0 Å². The van der Waals surface area contributed by atoms with Gasteiger partial charge in [0, 0.05) is 5.92 Å². The second kappa shape index (κ2) is 3.61. The summed E-state index contributed by atoms with van der Waals surface area (Å²) in [6, 6.07) is 0. The van der Waals surface area contributed by atoms with Gasteiger partial charge in [0.2, 0.25) is 11.9 Å². The summed E-state index contributed by atoms with van der Waals surface area (Å²) in [5.41, 5.74) is 11.0. The van der Waals surface area contributed by atoms with Crippen LogP contribution in [0.4, 0.5) is 11.9 Å². The molecule has 2 rings (SSSR count). The van der Waals surface area contributed by atoms with E-state index in [9.17, 15) is 0 Å². The molecular weight excluding hydrogens is 178 g/mol. The van der Waals surface area contributed by atoms with Crippen LogP contribution >= 0.6 is 0 Å². The van der Waals surface area contributed by atoms with Crippen molar-refractivity contribution in [3.8, 4) is 0 Å². The Labute approximate surface area is 82.3 Å². The highest BCUT2D eigenvalue weighted by atomic mass is 15.1. The fourth-order valence-corrected chi connectivity index (χ4v) is 1.64. The minimum absolute atomic E-state index is 0.210. The molecule has 5 heteroatoms. The van der Waals surface area contributed by atoms with Crippen molar-refractivity contribution in [2.24, 2.45) is 0 Å². The van der Waals surface area contributed by atoms with Crippen LogP contribution in [0.25, 0.3) is 0 Å². The number of aromatic nitrogens is 3. The zero-order valence-corrected chi connectivity index (χ0v) is 7.85. The number of nitrogen functional groups attached to an aromatic ring is 2. The van der Waals surface area contributed by atoms with Gasteiger partial charge in [-0.15, -0.1) is 0 Å². The van der Waals surface area contributed by atoms with E-state index in [1.165, 1.54) is 0 Å². The molecule has 4 N–H and O–H groups in total. The SMILES string of the molecule is Nc1nc(N)nc([C@H]2CC=CCC2)n1. The van der Waals surface area contributed by atoms with Crippen LogP contribution in [0, 0.1) is 0 Å². The molecule has 0 saturated heterocycles. The van der Waals surface area contributed by atoms with Gasteiger partial charge < -0.3 is 11.5 Å². The van der Waals surface area contributed by atoms with Crippen molar-refractivity contribution in [2.75, 3.05) is 11.5 Å². The largest absolute Gasteiger partial charge is 0.368 e. The van der Waals surface area contributed by atoms with E-state index in [4.69, 9.17) is 11.5 Å². The van der Waals surface area contributed by atoms with Gasteiger partial charge in [-0.3, -0.25) is 0 Å². The summed E-state index contributed by atoms with van der Waals surface area (Å²) in [5.74, 6) is 1.48. The highest BCUT2D eigenvalue weighted by Gasteiger charge is 2.16. The number of nitrogens with two attached hydrogens (primary N) is 2. The molecule has 0 bridgehead atoms. The van der Waals surface area contributed by atoms with Crippen molar-refractivity contribution in [3.05, 3.63) is 18.0 Å². The molecule has 0 radical (unpaired) electrons. The molecule has 1 aromatic rings. The molecule has 5 nitrogen and oxygen atoms in total. The molecule has 0 spiro atoms. The first-order valence-electron chi connectivity index (χ1n) is 4.67. The second-order valence-corrected chi connectivity index (χ2v) is 3.39. The summed E-state index contributed by atoms with van der Waals surface area (Å²) in [4.78, 5) is 11.9. The summed E-state index contributed by atoms with van der Waals surface area (Å²) in [7, 11) is 0. The predicted octanol–water partition coefficient (Wildman–Crippen LogP) is 0.860. The molecular formula is C9H13N5. The van der Waals surface area contributed by atoms with Crippen molar-refractivity contribution in [2.45, 2.75) is 25.2 Å². The lowest BCUT2D eigenvalue weighted by atomic mass is 9.94. The predicted molar refractivity (Wildman–Crippen MR) is 54.4 cm³/mol. The van der Waals surface area contributed by atoms with Crippen molar-refractivity contribution in [3.63, 3.8) is 0 Å². The van der Waals surface area contributed by atoms with Crippen molar-refractivity contribution < 1.29 is 0 Å². The van der Waals surface area contributed by atoms with E-state index >= 15 is 0 Å². The van der Waals surface area contributed by atoms with Crippen LogP contribution in [0.3, 0.4) is 0 Å². The van der Waals surface area contributed by atoms with Gasteiger partial charge in [-0.25, -0.2) is 0 Å². The lowest BCUT2D eigenvalue weighted by molar-refractivity contribution is 0.581. The molecule has 1 heterocycles. The molecule has 0 amide bonds. The first kappa shape index (κ1) is 8.93. The van der Waals surface area contributed by atoms with Crippen LogP contribution in [-0.4, -0.2) is 15.0 Å². The molecule has 1 aliphatic carbocycles. The lowest BCUT2D eigenvalue weighted by Gasteiger charge is -2.16. The number of allylic oxidation sites excluding steroid dienone is 2. The van der Waals surface area contributed by atoms with E-state index in [0.717, 1.165) is 25.1 Å². The normalized spacial score (nSPS) is 21.0. The van der Waals surface area contributed by atoms with E-state index in [0.29, 0.717) is 5.92 Å². The van der Waals surface area contributed by atoms with Crippen LogP contribution in [0.15, 0.2) is 12.2 Å².